The molecule has 0 aliphatic carbocycles. The van der Waals surface area contributed by atoms with Gasteiger partial charge >= 0.3 is 0 Å². The Morgan fingerprint density at radius 2 is 2.05 bits per heavy atom. The van der Waals surface area contributed by atoms with Crippen LogP contribution in [0.25, 0.3) is 0 Å². The molecule has 0 bridgehead atoms. The van der Waals surface area contributed by atoms with Gasteiger partial charge in [0, 0.05) is 25.9 Å². The van der Waals surface area contributed by atoms with E-state index in [9.17, 15) is 12.8 Å². The van der Waals surface area contributed by atoms with Crippen LogP contribution in [0.5, 0.6) is 0 Å². The third-order valence-electron chi connectivity index (χ3n) is 2.97. The van der Waals surface area contributed by atoms with Crippen LogP contribution in [0, 0.1) is 11.2 Å². The van der Waals surface area contributed by atoms with Gasteiger partial charge in [0.2, 0.25) is 10.0 Å². The van der Waals surface area contributed by atoms with Gasteiger partial charge in [-0.3, -0.25) is 0 Å². The monoisotopic (exact) mass is 304 g/mol. The number of halogens is 1. The Kier molecular flexibility index (Phi) is 5.50. The summed E-state index contributed by atoms with van der Waals surface area (Å²) in [7, 11) is -2.30. The van der Waals surface area contributed by atoms with Crippen molar-refractivity contribution in [3.63, 3.8) is 0 Å². The van der Waals surface area contributed by atoms with Crippen molar-refractivity contribution in [1.82, 2.24) is 4.72 Å². The maximum Gasteiger partial charge on any atom is 0.243 e. The SMILES string of the molecule is COCCC(C)(C)CNS(=O)(=O)c1ccc(N)cc1F. The van der Waals surface area contributed by atoms with Crippen LogP contribution in [0.1, 0.15) is 20.3 Å². The number of ether oxygens (including phenoxy) is 1. The molecule has 0 atom stereocenters. The van der Waals surface area contributed by atoms with E-state index in [0.29, 0.717) is 13.0 Å². The first kappa shape index (κ1) is 16.9. The highest BCUT2D eigenvalue weighted by molar-refractivity contribution is 7.89. The topological polar surface area (TPSA) is 81.4 Å². The van der Waals surface area contributed by atoms with Crippen LogP contribution in [0.15, 0.2) is 23.1 Å². The molecular weight excluding hydrogens is 283 g/mol. The van der Waals surface area contributed by atoms with E-state index in [4.69, 9.17) is 10.5 Å². The maximum atomic E-state index is 13.6. The molecule has 20 heavy (non-hydrogen) atoms. The molecule has 0 aromatic heterocycles. The van der Waals surface area contributed by atoms with Crippen molar-refractivity contribution < 1.29 is 17.5 Å². The smallest absolute Gasteiger partial charge is 0.243 e. The Labute approximate surface area is 119 Å². The molecule has 0 fully saturated rings. The fourth-order valence-electron chi connectivity index (χ4n) is 1.57. The van der Waals surface area contributed by atoms with Gasteiger partial charge in [-0.05, 0) is 30.0 Å². The molecule has 0 radical (unpaired) electrons. The normalized spacial score (nSPS) is 12.6. The zero-order chi connectivity index (χ0) is 15.4. The molecule has 5 nitrogen and oxygen atoms in total. The minimum Gasteiger partial charge on any atom is -0.399 e. The van der Waals surface area contributed by atoms with E-state index in [1.54, 1.807) is 7.11 Å². The van der Waals surface area contributed by atoms with Crippen LogP contribution >= 0.6 is 0 Å². The summed E-state index contributed by atoms with van der Waals surface area (Å²) in [6.07, 6.45) is 0.691. The molecule has 1 aromatic carbocycles. The van der Waals surface area contributed by atoms with E-state index in [-0.39, 0.29) is 17.6 Å². The Bertz CT molecular complexity index is 559. The van der Waals surface area contributed by atoms with Gasteiger partial charge in [0.15, 0.2) is 0 Å². The van der Waals surface area contributed by atoms with Gasteiger partial charge < -0.3 is 10.5 Å². The van der Waals surface area contributed by atoms with Gasteiger partial charge in [0.25, 0.3) is 0 Å². The van der Waals surface area contributed by atoms with Crippen molar-refractivity contribution >= 4 is 15.7 Å². The van der Waals surface area contributed by atoms with Gasteiger partial charge in [0.05, 0.1) is 0 Å². The molecule has 0 amide bonds. The number of rotatable bonds is 7. The van der Waals surface area contributed by atoms with Crippen molar-refractivity contribution in [3.8, 4) is 0 Å². The average Bonchev–Trinajstić information content (AvgIpc) is 2.34. The molecule has 0 spiro atoms. The largest absolute Gasteiger partial charge is 0.399 e. The van der Waals surface area contributed by atoms with Crippen LogP contribution in [0.4, 0.5) is 10.1 Å². The maximum absolute atomic E-state index is 13.6. The van der Waals surface area contributed by atoms with Crippen LogP contribution in [0.2, 0.25) is 0 Å². The number of benzene rings is 1. The highest BCUT2D eigenvalue weighted by Crippen LogP contribution is 2.21. The fourth-order valence-corrected chi connectivity index (χ4v) is 2.87. The Balaban J connectivity index is 2.80. The van der Waals surface area contributed by atoms with Crippen molar-refractivity contribution in [2.75, 3.05) is 26.0 Å². The van der Waals surface area contributed by atoms with Crippen LogP contribution in [-0.2, 0) is 14.8 Å². The summed E-state index contributed by atoms with van der Waals surface area (Å²) in [5.41, 5.74) is 5.30. The number of methoxy groups -OCH3 is 1. The highest BCUT2D eigenvalue weighted by atomic mass is 32.2. The molecule has 1 aromatic rings. The number of anilines is 1. The second kappa shape index (κ2) is 6.51. The summed E-state index contributed by atoms with van der Waals surface area (Å²) in [6, 6.07) is 3.51. The highest BCUT2D eigenvalue weighted by Gasteiger charge is 2.24. The first-order valence-electron chi connectivity index (χ1n) is 6.21. The molecule has 3 N–H and O–H groups in total. The van der Waals surface area contributed by atoms with Gasteiger partial charge in [-0.25, -0.2) is 17.5 Å². The van der Waals surface area contributed by atoms with E-state index in [1.807, 2.05) is 13.8 Å². The van der Waals surface area contributed by atoms with Gasteiger partial charge in [-0.2, -0.15) is 0 Å². The molecular formula is C13H21FN2O3S. The van der Waals surface area contributed by atoms with Crippen LogP contribution in [-0.4, -0.2) is 28.7 Å². The van der Waals surface area contributed by atoms with Gasteiger partial charge in [0.1, 0.15) is 10.7 Å². The lowest BCUT2D eigenvalue weighted by atomic mass is 9.90. The molecule has 114 valence electrons. The number of hydrogen-bond acceptors (Lipinski definition) is 4. The summed E-state index contributed by atoms with van der Waals surface area (Å²) < 4.78 is 45.2. The third kappa shape index (κ3) is 4.73. The number of nitrogen functional groups attached to an aromatic ring is 1. The Hall–Kier alpha value is -1.18. The summed E-state index contributed by atoms with van der Waals surface area (Å²) in [6.45, 7) is 4.55. The predicted octanol–water partition coefficient (Wildman–Crippen LogP) is 1.75. The molecule has 0 unspecified atom stereocenters. The standard InChI is InChI=1S/C13H21FN2O3S/c1-13(2,6-7-19-3)9-16-20(17,18)12-5-4-10(15)8-11(12)14/h4-5,8,16H,6-7,9,15H2,1-3H3. The van der Waals surface area contributed by atoms with E-state index in [1.165, 1.54) is 6.07 Å². The average molecular weight is 304 g/mol. The number of sulfonamides is 1. The summed E-state index contributed by atoms with van der Waals surface area (Å²) >= 11 is 0. The Morgan fingerprint density at radius 1 is 1.40 bits per heavy atom. The number of nitrogens with one attached hydrogen (secondary N) is 1. The van der Waals surface area contributed by atoms with E-state index in [2.05, 4.69) is 4.72 Å². The lowest BCUT2D eigenvalue weighted by Gasteiger charge is -2.24. The zero-order valence-corrected chi connectivity index (χ0v) is 12.8. The molecule has 0 aliphatic rings. The molecule has 0 heterocycles. The molecule has 1 rings (SSSR count). The van der Waals surface area contributed by atoms with E-state index in [0.717, 1.165) is 12.1 Å². The lowest BCUT2D eigenvalue weighted by Crippen LogP contribution is -2.35. The third-order valence-corrected chi connectivity index (χ3v) is 4.40. The molecule has 7 heteroatoms. The summed E-state index contributed by atoms with van der Waals surface area (Å²) in [5.74, 6) is -0.854. The second-order valence-electron chi connectivity index (χ2n) is 5.42. The first-order chi connectivity index (χ1) is 9.18. The zero-order valence-electron chi connectivity index (χ0n) is 11.9. The van der Waals surface area contributed by atoms with Crippen molar-refractivity contribution in [2.24, 2.45) is 5.41 Å². The predicted molar refractivity (Wildman–Crippen MR) is 76.3 cm³/mol. The number of hydrogen-bond donors (Lipinski definition) is 2. The fraction of sp³-hybridized carbons (Fsp3) is 0.538. The number of nitrogens with two attached hydrogens (primary N) is 1. The molecule has 0 aliphatic heterocycles. The first-order valence-corrected chi connectivity index (χ1v) is 7.70. The summed E-state index contributed by atoms with van der Waals surface area (Å²) in [5, 5.41) is 0. The minimum atomic E-state index is -3.89. The minimum absolute atomic E-state index is 0.182. The van der Waals surface area contributed by atoms with Crippen molar-refractivity contribution in [3.05, 3.63) is 24.0 Å². The van der Waals surface area contributed by atoms with Crippen LogP contribution in [0.3, 0.4) is 0 Å². The van der Waals surface area contributed by atoms with Crippen LogP contribution < -0.4 is 10.5 Å². The van der Waals surface area contributed by atoms with E-state index >= 15 is 0 Å². The summed E-state index contributed by atoms with van der Waals surface area (Å²) in [4.78, 5) is -0.394. The molecule has 0 saturated carbocycles. The van der Waals surface area contributed by atoms with Crippen molar-refractivity contribution in [2.45, 2.75) is 25.2 Å². The lowest BCUT2D eigenvalue weighted by molar-refractivity contribution is 0.153. The second-order valence-corrected chi connectivity index (χ2v) is 7.16. The quantitative estimate of drug-likeness (QED) is 0.752. The van der Waals surface area contributed by atoms with Gasteiger partial charge in [-0.15, -0.1) is 0 Å². The van der Waals surface area contributed by atoms with Gasteiger partial charge in [-0.1, -0.05) is 13.8 Å². The Morgan fingerprint density at radius 3 is 2.60 bits per heavy atom. The molecule has 0 saturated heterocycles. The van der Waals surface area contributed by atoms with Crippen molar-refractivity contribution in [1.29, 1.82) is 0 Å². The van der Waals surface area contributed by atoms with E-state index < -0.39 is 20.7 Å².